The van der Waals surface area contributed by atoms with Crippen molar-refractivity contribution in [1.29, 1.82) is 0 Å². The van der Waals surface area contributed by atoms with Crippen LogP contribution in [0.2, 0.25) is 0 Å². The minimum Gasteiger partial charge on any atom is -0.381 e. The van der Waals surface area contributed by atoms with E-state index in [0.29, 0.717) is 18.2 Å². The summed E-state index contributed by atoms with van der Waals surface area (Å²) >= 11 is 2.35. The van der Waals surface area contributed by atoms with Crippen LogP contribution in [-0.2, 0) is 4.74 Å². The Bertz CT molecular complexity index is 571. The minimum atomic E-state index is -0.640. The Hall–Kier alpha value is -1.49. The molecule has 1 atom stereocenters. The van der Waals surface area contributed by atoms with Crippen molar-refractivity contribution >= 4 is 39.7 Å². The van der Waals surface area contributed by atoms with Crippen molar-refractivity contribution in [1.82, 2.24) is 0 Å². The van der Waals surface area contributed by atoms with Crippen molar-refractivity contribution in [3.05, 3.63) is 38.4 Å². The highest BCUT2D eigenvalue weighted by atomic mass is 127. The van der Waals surface area contributed by atoms with E-state index in [1.807, 2.05) is 0 Å². The second kappa shape index (κ2) is 12.0. The standard InChI is InChI=1S/C16H24IN3O5/c1-13(7-11-25-10-3-2-8-17)6-9-18-15-5-4-14(19(21)22)12-16(15)20(23)24/h4-5,12-13,18H,2-3,6-11H2,1H3. The van der Waals surface area contributed by atoms with Crippen molar-refractivity contribution in [2.45, 2.75) is 32.6 Å². The molecule has 8 nitrogen and oxygen atoms in total. The van der Waals surface area contributed by atoms with Gasteiger partial charge in [-0.05, 0) is 42.1 Å². The molecule has 0 saturated heterocycles. The molecule has 0 radical (unpaired) electrons. The van der Waals surface area contributed by atoms with E-state index in [1.54, 1.807) is 0 Å². The predicted octanol–water partition coefficient (Wildman–Crippen LogP) is 4.56. The molecule has 9 heteroatoms. The third kappa shape index (κ3) is 8.43. The van der Waals surface area contributed by atoms with Gasteiger partial charge in [-0.2, -0.15) is 0 Å². The summed E-state index contributed by atoms with van der Waals surface area (Å²) < 4.78 is 6.73. The smallest absolute Gasteiger partial charge is 0.299 e. The van der Waals surface area contributed by atoms with E-state index >= 15 is 0 Å². The molecular weight excluding hydrogens is 441 g/mol. The molecule has 0 saturated carbocycles. The molecule has 1 aromatic rings. The first-order valence-electron chi connectivity index (χ1n) is 8.26. The number of nitro benzene ring substituents is 2. The first kappa shape index (κ1) is 21.6. The van der Waals surface area contributed by atoms with Crippen molar-refractivity contribution in [2.75, 3.05) is 29.5 Å². The van der Waals surface area contributed by atoms with Gasteiger partial charge in [-0.25, -0.2) is 0 Å². The molecule has 0 spiro atoms. The Morgan fingerprint density at radius 2 is 1.92 bits per heavy atom. The summed E-state index contributed by atoms with van der Waals surface area (Å²) in [7, 11) is 0. The molecule has 0 aliphatic carbocycles. The fourth-order valence-electron chi connectivity index (χ4n) is 2.22. The number of unbranched alkanes of at least 4 members (excludes halogenated alkanes) is 1. The monoisotopic (exact) mass is 465 g/mol. The van der Waals surface area contributed by atoms with Crippen LogP contribution in [-0.4, -0.2) is 34.0 Å². The van der Waals surface area contributed by atoms with Gasteiger partial charge in [-0.15, -0.1) is 0 Å². The molecule has 0 aromatic heterocycles. The molecule has 0 bridgehead atoms. The number of ether oxygens (including phenoxy) is 1. The van der Waals surface area contributed by atoms with Gasteiger partial charge in [0.2, 0.25) is 0 Å². The molecule has 0 amide bonds. The van der Waals surface area contributed by atoms with E-state index in [2.05, 4.69) is 34.8 Å². The van der Waals surface area contributed by atoms with E-state index in [4.69, 9.17) is 4.74 Å². The molecule has 25 heavy (non-hydrogen) atoms. The van der Waals surface area contributed by atoms with Gasteiger partial charge in [0.05, 0.1) is 15.9 Å². The number of anilines is 1. The molecule has 0 heterocycles. The van der Waals surface area contributed by atoms with Crippen LogP contribution in [0.25, 0.3) is 0 Å². The zero-order valence-electron chi connectivity index (χ0n) is 14.3. The summed E-state index contributed by atoms with van der Waals surface area (Å²) in [5.74, 6) is 0.425. The maximum atomic E-state index is 11.1. The third-order valence-corrected chi connectivity index (χ3v) is 4.53. The van der Waals surface area contributed by atoms with Crippen LogP contribution in [0.4, 0.5) is 17.1 Å². The molecule has 0 aliphatic heterocycles. The highest BCUT2D eigenvalue weighted by molar-refractivity contribution is 14.1. The van der Waals surface area contributed by atoms with E-state index in [1.165, 1.54) is 18.6 Å². The molecule has 0 fully saturated rings. The Morgan fingerprint density at radius 1 is 1.16 bits per heavy atom. The summed E-state index contributed by atoms with van der Waals surface area (Å²) in [6.07, 6.45) is 4.04. The lowest BCUT2D eigenvalue weighted by molar-refractivity contribution is -0.393. The van der Waals surface area contributed by atoms with E-state index in [-0.39, 0.29) is 11.4 Å². The average molecular weight is 465 g/mol. The first-order valence-corrected chi connectivity index (χ1v) is 9.78. The molecule has 1 aromatic carbocycles. The second-order valence-corrected chi connectivity index (χ2v) is 6.91. The third-order valence-electron chi connectivity index (χ3n) is 3.77. The Kier molecular flexibility index (Phi) is 10.3. The normalized spacial score (nSPS) is 11.9. The number of nitrogens with zero attached hydrogens (tertiary/aromatic N) is 2. The van der Waals surface area contributed by atoms with Crippen LogP contribution in [0.3, 0.4) is 0 Å². The van der Waals surface area contributed by atoms with E-state index in [0.717, 1.165) is 43.0 Å². The van der Waals surface area contributed by atoms with Gasteiger partial charge in [0.1, 0.15) is 5.69 Å². The largest absolute Gasteiger partial charge is 0.381 e. The molecule has 1 unspecified atom stereocenters. The Labute approximate surface area is 160 Å². The summed E-state index contributed by atoms with van der Waals surface area (Å²) in [5, 5.41) is 24.8. The number of rotatable bonds is 13. The molecular formula is C16H24IN3O5. The fourth-order valence-corrected chi connectivity index (χ4v) is 2.76. The molecule has 1 rings (SSSR count). The van der Waals surface area contributed by atoms with Crippen LogP contribution in [0.5, 0.6) is 0 Å². The number of non-ortho nitro benzene ring substituents is 1. The lowest BCUT2D eigenvalue weighted by atomic mass is 10.0. The first-order chi connectivity index (χ1) is 12.0. The summed E-state index contributed by atoms with van der Waals surface area (Å²) in [4.78, 5) is 20.5. The Morgan fingerprint density at radius 3 is 2.56 bits per heavy atom. The number of alkyl halides is 1. The van der Waals surface area contributed by atoms with Crippen LogP contribution in [0.1, 0.15) is 32.6 Å². The number of halogens is 1. The zero-order chi connectivity index (χ0) is 18.7. The van der Waals surface area contributed by atoms with Crippen LogP contribution < -0.4 is 5.32 Å². The maximum Gasteiger partial charge on any atom is 0.299 e. The molecule has 1 N–H and O–H groups in total. The zero-order valence-corrected chi connectivity index (χ0v) is 16.4. The summed E-state index contributed by atoms with van der Waals surface area (Å²) in [5.41, 5.74) is -0.261. The molecule has 140 valence electrons. The van der Waals surface area contributed by atoms with Gasteiger partial charge in [0.25, 0.3) is 11.4 Å². The van der Waals surface area contributed by atoms with Crippen LogP contribution >= 0.6 is 22.6 Å². The maximum absolute atomic E-state index is 11.1. The fraction of sp³-hybridized carbons (Fsp3) is 0.625. The highest BCUT2D eigenvalue weighted by Crippen LogP contribution is 2.29. The highest BCUT2D eigenvalue weighted by Gasteiger charge is 2.19. The van der Waals surface area contributed by atoms with Crippen molar-refractivity contribution in [3.63, 3.8) is 0 Å². The predicted molar refractivity (Wildman–Crippen MR) is 106 cm³/mol. The number of benzene rings is 1. The lowest BCUT2D eigenvalue weighted by Crippen LogP contribution is -2.10. The van der Waals surface area contributed by atoms with Crippen molar-refractivity contribution in [2.24, 2.45) is 5.92 Å². The minimum absolute atomic E-state index is 0.277. The van der Waals surface area contributed by atoms with Crippen molar-refractivity contribution in [3.8, 4) is 0 Å². The number of nitro groups is 2. The topological polar surface area (TPSA) is 108 Å². The summed E-state index contributed by atoms with van der Waals surface area (Å²) in [6, 6.07) is 3.63. The van der Waals surface area contributed by atoms with E-state index < -0.39 is 9.85 Å². The molecule has 0 aliphatic rings. The van der Waals surface area contributed by atoms with Gasteiger partial charge >= 0.3 is 0 Å². The number of hydrogen-bond acceptors (Lipinski definition) is 6. The second-order valence-electron chi connectivity index (χ2n) is 5.83. The van der Waals surface area contributed by atoms with Gasteiger partial charge in [0.15, 0.2) is 0 Å². The summed E-state index contributed by atoms with van der Waals surface area (Å²) in [6.45, 7) is 4.19. The van der Waals surface area contributed by atoms with Crippen LogP contribution in [0, 0.1) is 26.1 Å². The Balaban J connectivity index is 2.37. The van der Waals surface area contributed by atoms with Crippen molar-refractivity contribution < 1.29 is 14.6 Å². The quantitative estimate of drug-likeness (QED) is 0.150. The number of hydrogen-bond donors (Lipinski definition) is 1. The van der Waals surface area contributed by atoms with E-state index in [9.17, 15) is 20.2 Å². The van der Waals surface area contributed by atoms with Gasteiger partial charge in [-0.1, -0.05) is 29.5 Å². The van der Waals surface area contributed by atoms with Crippen LogP contribution in [0.15, 0.2) is 18.2 Å². The number of nitrogens with one attached hydrogen (secondary N) is 1. The average Bonchev–Trinajstić information content (AvgIpc) is 2.57. The SMILES string of the molecule is CC(CCNc1ccc([N+](=O)[O-])cc1[N+](=O)[O-])CCOCCCCI. The lowest BCUT2D eigenvalue weighted by Gasteiger charge is -2.13. The van der Waals surface area contributed by atoms with Gasteiger partial charge in [-0.3, -0.25) is 20.2 Å². The van der Waals surface area contributed by atoms with Gasteiger partial charge < -0.3 is 10.1 Å². The van der Waals surface area contributed by atoms with Gasteiger partial charge in [0, 0.05) is 25.8 Å².